The first-order valence-electron chi connectivity index (χ1n) is 7.78. The first-order chi connectivity index (χ1) is 10.1. The quantitative estimate of drug-likeness (QED) is 0.876. The lowest BCUT2D eigenvalue weighted by molar-refractivity contribution is -0.127. The number of hydrogen-bond donors (Lipinski definition) is 2. The molecule has 0 saturated carbocycles. The molecule has 0 radical (unpaired) electrons. The molecule has 2 N–H and O–H groups in total. The predicted octanol–water partition coefficient (Wildman–Crippen LogP) is 3.11. The summed E-state index contributed by atoms with van der Waals surface area (Å²) in [4.78, 5) is 12.9. The van der Waals surface area contributed by atoms with Gasteiger partial charge in [-0.25, -0.2) is 0 Å². The van der Waals surface area contributed by atoms with E-state index < -0.39 is 0 Å². The largest absolute Gasteiger partial charge is 0.495 e. The molecule has 2 rings (SSSR count). The first-order valence-corrected chi connectivity index (χ1v) is 7.78. The van der Waals surface area contributed by atoms with Gasteiger partial charge in [-0.15, -0.1) is 0 Å². The zero-order chi connectivity index (χ0) is 15.3. The number of amides is 1. The van der Waals surface area contributed by atoms with Gasteiger partial charge in [-0.1, -0.05) is 19.4 Å². The zero-order valence-electron chi connectivity index (χ0n) is 13.3. The second-order valence-corrected chi connectivity index (χ2v) is 5.94. The summed E-state index contributed by atoms with van der Waals surface area (Å²) in [6.07, 6.45) is 3.77. The number of carbonyl (C=O) groups is 1. The van der Waals surface area contributed by atoms with Gasteiger partial charge in [0.25, 0.3) is 0 Å². The van der Waals surface area contributed by atoms with Crippen LogP contribution in [-0.4, -0.2) is 26.1 Å². The van der Waals surface area contributed by atoms with E-state index in [1.807, 2.05) is 25.1 Å². The predicted molar refractivity (Wildman–Crippen MR) is 85.8 cm³/mol. The van der Waals surface area contributed by atoms with Crippen LogP contribution in [0.25, 0.3) is 0 Å². The summed E-state index contributed by atoms with van der Waals surface area (Å²) in [5, 5.41) is 6.45. The molecule has 0 bridgehead atoms. The fourth-order valence-electron chi connectivity index (χ4n) is 3.15. The molecule has 0 atom stereocenters. The maximum atomic E-state index is 12.9. The van der Waals surface area contributed by atoms with Gasteiger partial charge in [-0.3, -0.25) is 4.79 Å². The molecule has 0 unspecified atom stereocenters. The fraction of sp³-hybridized carbons (Fsp3) is 0.588. The fourth-order valence-corrected chi connectivity index (χ4v) is 3.15. The summed E-state index contributed by atoms with van der Waals surface area (Å²) in [5.41, 5.74) is 1.65. The minimum absolute atomic E-state index is 0.134. The van der Waals surface area contributed by atoms with E-state index in [-0.39, 0.29) is 11.3 Å². The van der Waals surface area contributed by atoms with Gasteiger partial charge >= 0.3 is 0 Å². The number of rotatable bonds is 5. The molecule has 4 heteroatoms. The van der Waals surface area contributed by atoms with Gasteiger partial charge in [0.05, 0.1) is 18.2 Å². The Labute approximate surface area is 127 Å². The van der Waals surface area contributed by atoms with Gasteiger partial charge in [-0.05, 0) is 57.0 Å². The van der Waals surface area contributed by atoms with E-state index in [4.69, 9.17) is 4.74 Å². The summed E-state index contributed by atoms with van der Waals surface area (Å²) in [6, 6.07) is 5.86. The van der Waals surface area contributed by atoms with Gasteiger partial charge < -0.3 is 15.4 Å². The Bertz CT molecular complexity index is 488. The van der Waals surface area contributed by atoms with Crippen molar-refractivity contribution in [1.82, 2.24) is 5.32 Å². The molecule has 116 valence electrons. The van der Waals surface area contributed by atoms with Gasteiger partial charge in [0.1, 0.15) is 5.75 Å². The molecule has 1 amide bonds. The molecular formula is C17H26N2O2. The second-order valence-electron chi connectivity index (χ2n) is 5.94. The third-order valence-corrected chi connectivity index (χ3v) is 4.37. The molecular weight excluding hydrogens is 264 g/mol. The second kappa shape index (κ2) is 6.94. The minimum Gasteiger partial charge on any atom is -0.495 e. The number of anilines is 1. The molecule has 1 aliphatic heterocycles. The van der Waals surface area contributed by atoms with E-state index in [9.17, 15) is 4.79 Å². The van der Waals surface area contributed by atoms with Crippen molar-refractivity contribution in [3.8, 4) is 5.75 Å². The number of carbonyl (C=O) groups excluding carboxylic acids is 1. The number of aryl methyl sites for hydroxylation is 1. The lowest BCUT2D eigenvalue weighted by Gasteiger charge is -2.36. The smallest absolute Gasteiger partial charge is 0.230 e. The number of hydrogen-bond acceptors (Lipinski definition) is 3. The van der Waals surface area contributed by atoms with Crippen molar-refractivity contribution in [3.05, 3.63) is 23.8 Å². The number of ether oxygens (including phenoxy) is 1. The highest BCUT2D eigenvalue weighted by Crippen LogP contribution is 2.36. The molecule has 1 fully saturated rings. The van der Waals surface area contributed by atoms with E-state index >= 15 is 0 Å². The SMILES string of the molecule is CCCC1(C(=O)Nc2cc(C)ccc2OC)CCNCC1. The highest BCUT2D eigenvalue weighted by molar-refractivity contribution is 5.96. The summed E-state index contributed by atoms with van der Waals surface area (Å²) in [7, 11) is 1.63. The monoisotopic (exact) mass is 290 g/mol. The van der Waals surface area contributed by atoms with Crippen molar-refractivity contribution in [3.63, 3.8) is 0 Å². The summed E-state index contributed by atoms with van der Waals surface area (Å²) < 4.78 is 5.35. The van der Waals surface area contributed by atoms with Crippen LogP contribution in [0.5, 0.6) is 5.75 Å². The lowest BCUT2D eigenvalue weighted by Crippen LogP contribution is -2.44. The topological polar surface area (TPSA) is 50.4 Å². The normalized spacial score (nSPS) is 17.3. The van der Waals surface area contributed by atoms with Crippen molar-refractivity contribution < 1.29 is 9.53 Å². The van der Waals surface area contributed by atoms with Crippen LogP contribution in [0.15, 0.2) is 18.2 Å². The van der Waals surface area contributed by atoms with Crippen LogP contribution >= 0.6 is 0 Å². The number of nitrogens with one attached hydrogen (secondary N) is 2. The van der Waals surface area contributed by atoms with Gasteiger partial charge in [0.2, 0.25) is 5.91 Å². The summed E-state index contributed by atoms with van der Waals surface area (Å²) in [5.74, 6) is 0.851. The van der Waals surface area contributed by atoms with Crippen LogP contribution in [0.1, 0.15) is 38.2 Å². The molecule has 1 aliphatic rings. The van der Waals surface area contributed by atoms with E-state index in [1.165, 1.54) is 0 Å². The van der Waals surface area contributed by atoms with E-state index in [1.54, 1.807) is 7.11 Å². The van der Waals surface area contributed by atoms with Crippen LogP contribution in [0.2, 0.25) is 0 Å². The van der Waals surface area contributed by atoms with Crippen LogP contribution in [0.3, 0.4) is 0 Å². The zero-order valence-corrected chi connectivity index (χ0v) is 13.3. The Morgan fingerprint density at radius 3 is 2.71 bits per heavy atom. The van der Waals surface area contributed by atoms with Crippen LogP contribution in [-0.2, 0) is 4.79 Å². The standard InChI is InChI=1S/C17H26N2O2/c1-4-7-17(8-10-18-11-9-17)16(20)19-14-12-13(2)5-6-15(14)21-3/h5-6,12,18H,4,7-11H2,1-3H3,(H,19,20). The molecule has 1 saturated heterocycles. The number of methoxy groups -OCH3 is 1. The molecule has 1 heterocycles. The van der Waals surface area contributed by atoms with Crippen molar-refractivity contribution in [2.24, 2.45) is 5.41 Å². The van der Waals surface area contributed by atoms with E-state index in [2.05, 4.69) is 17.6 Å². The highest BCUT2D eigenvalue weighted by Gasteiger charge is 2.38. The third kappa shape index (κ3) is 3.56. The summed E-state index contributed by atoms with van der Waals surface area (Å²) >= 11 is 0. The van der Waals surface area contributed by atoms with Crippen LogP contribution in [0.4, 0.5) is 5.69 Å². The van der Waals surface area contributed by atoms with Crippen molar-refractivity contribution >= 4 is 11.6 Å². The maximum absolute atomic E-state index is 12.9. The van der Waals surface area contributed by atoms with Crippen molar-refractivity contribution in [2.45, 2.75) is 39.5 Å². The van der Waals surface area contributed by atoms with E-state index in [0.717, 1.165) is 55.8 Å². The molecule has 0 aromatic heterocycles. The first kappa shape index (κ1) is 15.8. The van der Waals surface area contributed by atoms with Crippen molar-refractivity contribution in [1.29, 1.82) is 0 Å². The Balaban J connectivity index is 2.20. The Morgan fingerprint density at radius 1 is 1.38 bits per heavy atom. The molecule has 0 aliphatic carbocycles. The molecule has 1 aromatic rings. The Hall–Kier alpha value is -1.55. The molecule has 21 heavy (non-hydrogen) atoms. The van der Waals surface area contributed by atoms with Gasteiger partial charge in [0, 0.05) is 0 Å². The maximum Gasteiger partial charge on any atom is 0.230 e. The minimum atomic E-state index is -0.241. The van der Waals surface area contributed by atoms with Crippen LogP contribution < -0.4 is 15.4 Å². The van der Waals surface area contributed by atoms with Crippen LogP contribution in [0, 0.1) is 12.3 Å². The molecule has 0 spiro atoms. The summed E-state index contributed by atoms with van der Waals surface area (Å²) in [6.45, 7) is 5.99. The Morgan fingerprint density at radius 2 is 2.10 bits per heavy atom. The van der Waals surface area contributed by atoms with Gasteiger partial charge in [-0.2, -0.15) is 0 Å². The van der Waals surface area contributed by atoms with Gasteiger partial charge in [0.15, 0.2) is 0 Å². The average molecular weight is 290 g/mol. The van der Waals surface area contributed by atoms with E-state index in [0.29, 0.717) is 0 Å². The number of piperidine rings is 1. The van der Waals surface area contributed by atoms with Crippen molar-refractivity contribution in [2.75, 3.05) is 25.5 Å². The highest BCUT2D eigenvalue weighted by atomic mass is 16.5. The average Bonchev–Trinajstić information content (AvgIpc) is 2.49. The third-order valence-electron chi connectivity index (χ3n) is 4.37. The lowest BCUT2D eigenvalue weighted by atomic mass is 9.74. The Kier molecular flexibility index (Phi) is 5.23. The molecule has 4 nitrogen and oxygen atoms in total. The molecule has 1 aromatic carbocycles. The number of benzene rings is 1.